The van der Waals surface area contributed by atoms with Gasteiger partial charge in [0.15, 0.2) is 0 Å². The summed E-state index contributed by atoms with van der Waals surface area (Å²) in [5, 5.41) is 0. The molecule has 4 heteroatoms. The average molecular weight is 272 g/mol. The number of rotatable bonds is 5. The van der Waals surface area contributed by atoms with Crippen LogP contribution in [0.4, 0.5) is 0 Å². The Bertz CT molecular complexity index is 578. The van der Waals surface area contributed by atoms with Crippen LogP contribution in [0.1, 0.15) is 15.9 Å². The number of carbonyl (C=O) groups excluding carboxylic acids is 1. The molecule has 2 aromatic rings. The van der Waals surface area contributed by atoms with Gasteiger partial charge in [-0.2, -0.15) is 0 Å². The van der Waals surface area contributed by atoms with Crippen molar-refractivity contribution >= 4 is 5.97 Å². The van der Waals surface area contributed by atoms with E-state index in [0.29, 0.717) is 23.7 Å². The first kappa shape index (κ1) is 13.9. The van der Waals surface area contributed by atoms with Crippen LogP contribution in [-0.4, -0.2) is 20.2 Å². The summed E-state index contributed by atoms with van der Waals surface area (Å²) in [6.07, 6.45) is 0. The van der Waals surface area contributed by atoms with Gasteiger partial charge in [-0.15, -0.1) is 0 Å². The van der Waals surface area contributed by atoms with E-state index >= 15 is 0 Å². The second-order valence-corrected chi connectivity index (χ2v) is 4.10. The summed E-state index contributed by atoms with van der Waals surface area (Å²) in [6, 6.07) is 14.9. The molecule has 0 aromatic heterocycles. The van der Waals surface area contributed by atoms with Crippen LogP contribution in [0.15, 0.2) is 48.5 Å². The first-order valence-electron chi connectivity index (χ1n) is 6.18. The molecule has 0 saturated heterocycles. The van der Waals surface area contributed by atoms with Gasteiger partial charge in [0, 0.05) is 0 Å². The minimum Gasteiger partial charge on any atom is -0.496 e. The molecule has 0 aliphatic carbocycles. The van der Waals surface area contributed by atoms with Gasteiger partial charge in [-0.05, 0) is 17.7 Å². The molecule has 0 radical (unpaired) electrons. The van der Waals surface area contributed by atoms with Crippen molar-refractivity contribution in [2.75, 3.05) is 14.2 Å². The van der Waals surface area contributed by atoms with Crippen molar-refractivity contribution in [3.8, 4) is 11.5 Å². The highest BCUT2D eigenvalue weighted by Gasteiger charge is 2.19. The van der Waals surface area contributed by atoms with Crippen LogP contribution in [0.3, 0.4) is 0 Å². The molecular formula is C16H16O4. The fourth-order valence-electron chi connectivity index (χ4n) is 1.84. The molecule has 0 aliphatic rings. The highest BCUT2D eigenvalue weighted by Crippen LogP contribution is 2.29. The summed E-state index contributed by atoms with van der Waals surface area (Å²) in [5.41, 5.74) is 1.32. The Balaban J connectivity index is 2.25. The van der Waals surface area contributed by atoms with Gasteiger partial charge in [0.2, 0.25) is 0 Å². The fourth-order valence-corrected chi connectivity index (χ4v) is 1.84. The zero-order valence-electron chi connectivity index (χ0n) is 11.5. The molecule has 0 fully saturated rings. The Morgan fingerprint density at radius 2 is 1.65 bits per heavy atom. The van der Waals surface area contributed by atoms with E-state index in [1.165, 1.54) is 14.2 Å². The molecule has 0 bridgehead atoms. The molecule has 2 rings (SSSR count). The SMILES string of the molecule is COC(=O)c1c(OC)cccc1OCc1ccccc1. The third-order valence-electron chi connectivity index (χ3n) is 2.83. The van der Waals surface area contributed by atoms with Crippen molar-refractivity contribution < 1.29 is 19.0 Å². The number of esters is 1. The van der Waals surface area contributed by atoms with Crippen molar-refractivity contribution in [2.24, 2.45) is 0 Å². The van der Waals surface area contributed by atoms with E-state index in [1.807, 2.05) is 30.3 Å². The molecule has 0 aliphatic heterocycles. The minimum absolute atomic E-state index is 0.299. The smallest absolute Gasteiger partial charge is 0.345 e. The number of hydrogen-bond donors (Lipinski definition) is 0. The predicted molar refractivity (Wildman–Crippen MR) is 75.1 cm³/mol. The Kier molecular flexibility index (Phi) is 4.60. The third-order valence-corrected chi connectivity index (χ3v) is 2.83. The largest absolute Gasteiger partial charge is 0.496 e. The van der Waals surface area contributed by atoms with Gasteiger partial charge in [-0.25, -0.2) is 4.79 Å². The second-order valence-electron chi connectivity index (χ2n) is 4.10. The highest BCUT2D eigenvalue weighted by molar-refractivity contribution is 5.95. The summed E-state index contributed by atoms with van der Waals surface area (Å²) in [7, 11) is 2.83. The number of benzene rings is 2. The van der Waals surface area contributed by atoms with Gasteiger partial charge in [0.05, 0.1) is 14.2 Å². The highest BCUT2D eigenvalue weighted by atomic mass is 16.5. The van der Waals surface area contributed by atoms with Crippen LogP contribution in [0, 0.1) is 0 Å². The van der Waals surface area contributed by atoms with Crippen LogP contribution in [-0.2, 0) is 11.3 Å². The van der Waals surface area contributed by atoms with E-state index in [0.717, 1.165) is 5.56 Å². The van der Waals surface area contributed by atoms with E-state index in [4.69, 9.17) is 14.2 Å². The quantitative estimate of drug-likeness (QED) is 0.785. The maximum atomic E-state index is 11.8. The molecule has 0 amide bonds. The van der Waals surface area contributed by atoms with E-state index in [2.05, 4.69) is 0 Å². The van der Waals surface area contributed by atoms with E-state index < -0.39 is 5.97 Å². The molecule has 2 aromatic carbocycles. The molecule has 4 nitrogen and oxygen atoms in total. The lowest BCUT2D eigenvalue weighted by molar-refractivity contribution is 0.0591. The normalized spacial score (nSPS) is 9.90. The Hall–Kier alpha value is -2.49. The van der Waals surface area contributed by atoms with E-state index in [-0.39, 0.29) is 0 Å². The zero-order valence-corrected chi connectivity index (χ0v) is 11.5. The molecule has 0 unspecified atom stereocenters. The topological polar surface area (TPSA) is 44.8 Å². The summed E-state index contributed by atoms with van der Waals surface area (Å²) >= 11 is 0. The molecule has 104 valence electrons. The van der Waals surface area contributed by atoms with Gasteiger partial charge in [0.1, 0.15) is 23.7 Å². The maximum Gasteiger partial charge on any atom is 0.345 e. The van der Waals surface area contributed by atoms with Crippen molar-refractivity contribution in [3.05, 3.63) is 59.7 Å². The van der Waals surface area contributed by atoms with Gasteiger partial charge < -0.3 is 14.2 Å². The number of carbonyl (C=O) groups is 1. The lowest BCUT2D eigenvalue weighted by Crippen LogP contribution is -2.08. The van der Waals surface area contributed by atoms with Crippen LogP contribution in [0.5, 0.6) is 11.5 Å². The first-order valence-corrected chi connectivity index (χ1v) is 6.18. The summed E-state index contributed by atoms with van der Waals surface area (Å²) in [5.74, 6) is 0.396. The van der Waals surface area contributed by atoms with Crippen LogP contribution >= 0.6 is 0 Å². The van der Waals surface area contributed by atoms with E-state index in [1.54, 1.807) is 18.2 Å². The molecule has 20 heavy (non-hydrogen) atoms. The summed E-state index contributed by atoms with van der Waals surface area (Å²) in [4.78, 5) is 11.8. The number of ether oxygens (including phenoxy) is 3. The molecule has 0 saturated carbocycles. The molecule has 0 atom stereocenters. The van der Waals surface area contributed by atoms with Gasteiger partial charge >= 0.3 is 5.97 Å². The molecule has 0 N–H and O–H groups in total. The van der Waals surface area contributed by atoms with Crippen LogP contribution < -0.4 is 9.47 Å². The Labute approximate surface area is 117 Å². The monoisotopic (exact) mass is 272 g/mol. The van der Waals surface area contributed by atoms with Crippen molar-refractivity contribution in [3.63, 3.8) is 0 Å². The van der Waals surface area contributed by atoms with Crippen LogP contribution in [0.25, 0.3) is 0 Å². The average Bonchev–Trinajstić information content (AvgIpc) is 2.52. The van der Waals surface area contributed by atoms with Crippen LogP contribution in [0.2, 0.25) is 0 Å². The fraction of sp³-hybridized carbons (Fsp3) is 0.188. The lowest BCUT2D eigenvalue weighted by Gasteiger charge is -2.13. The number of methoxy groups -OCH3 is 2. The Morgan fingerprint density at radius 3 is 2.30 bits per heavy atom. The molecule has 0 spiro atoms. The first-order chi connectivity index (χ1) is 9.76. The third kappa shape index (κ3) is 3.09. The maximum absolute atomic E-state index is 11.8. The summed E-state index contributed by atoms with van der Waals surface area (Å²) < 4.78 is 15.7. The molecule has 0 heterocycles. The second kappa shape index (κ2) is 6.61. The zero-order chi connectivity index (χ0) is 14.4. The van der Waals surface area contributed by atoms with Gasteiger partial charge in [-0.1, -0.05) is 36.4 Å². The van der Waals surface area contributed by atoms with Crippen molar-refractivity contribution in [1.29, 1.82) is 0 Å². The van der Waals surface area contributed by atoms with Gasteiger partial charge in [0.25, 0.3) is 0 Å². The lowest BCUT2D eigenvalue weighted by atomic mass is 10.1. The van der Waals surface area contributed by atoms with Gasteiger partial charge in [-0.3, -0.25) is 0 Å². The Morgan fingerprint density at radius 1 is 0.950 bits per heavy atom. The predicted octanol–water partition coefficient (Wildman–Crippen LogP) is 3.06. The molecular weight excluding hydrogens is 256 g/mol. The standard InChI is InChI=1S/C16H16O4/c1-18-13-9-6-10-14(15(13)16(17)19-2)20-11-12-7-4-3-5-8-12/h3-10H,11H2,1-2H3. The minimum atomic E-state index is -0.481. The number of hydrogen-bond acceptors (Lipinski definition) is 4. The van der Waals surface area contributed by atoms with Crippen molar-refractivity contribution in [1.82, 2.24) is 0 Å². The van der Waals surface area contributed by atoms with E-state index in [9.17, 15) is 4.79 Å². The summed E-state index contributed by atoms with van der Waals surface area (Å²) in [6.45, 7) is 0.373. The van der Waals surface area contributed by atoms with Crippen molar-refractivity contribution in [2.45, 2.75) is 6.61 Å².